The van der Waals surface area contributed by atoms with Crippen molar-refractivity contribution in [3.8, 4) is 0 Å². The molecule has 110 valence electrons. The third kappa shape index (κ3) is 3.15. The molecule has 0 N–H and O–H groups in total. The molecule has 1 aromatic heterocycles. The Hall–Kier alpha value is -1.50. The molecule has 0 spiro atoms. The summed E-state index contributed by atoms with van der Waals surface area (Å²) in [7, 11) is 0. The lowest BCUT2D eigenvalue weighted by molar-refractivity contribution is -0.151. The van der Waals surface area contributed by atoms with Crippen molar-refractivity contribution in [2.24, 2.45) is 5.92 Å². The number of halogens is 1. The molecule has 2 unspecified atom stereocenters. The predicted molar refractivity (Wildman–Crippen MR) is 72.4 cm³/mol. The summed E-state index contributed by atoms with van der Waals surface area (Å²) in [6.07, 6.45) is -1.20. The summed E-state index contributed by atoms with van der Waals surface area (Å²) >= 11 is 1.26. The largest absolute Gasteiger partial charge is 0.464 e. The van der Waals surface area contributed by atoms with E-state index in [1.807, 2.05) is 6.92 Å². The van der Waals surface area contributed by atoms with Crippen LogP contribution < -0.4 is 0 Å². The quantitative estimate of drug-likeness (QED) is 0.796. The molecule has 1 aromatic rings. The van der Waals surface area contributed by atoms with Gasteiger partial charge < -0.3 is 9.64 Å². The Morgan fingerprint density at radius 3 is 3.00 bits per heavy atom. The SMILES string of the molecule is CCOC(=O)C(F)C1CCN(C(=O)c2cc(C)sn2)C1. The van der Waals surface area contributed by atoms with Gasteiger partial charge in [-0.3, -0.25) is 4.79 Å². The van der Waals surface area contributed by atoms with Crippen LogP contribution in [0.25, 0.3) is 0 Å². The van der Waals surface area contributed by atoms with Crippen LogP contribution in [0, 0.1) is 12.8 Å². The average Bonchev–Trinajstić information content (AvgIpc) is 3.06. The molecule has 2 heterocycles. The number of hydrogen-bond acceptors (Lipinski definition) is 5. The van der Waals surface area contributed by atoms with Gasteiger partial charge in [-0.25, -0.2) is 9.18 Å². The standard InChI is InChI=1S/C13H17FN2O3S/c1-3-19-13(18)11(14)9-4-5-16(7-9)12(17)10-6-8(2)20-15-10/h6,9,11H,3-5,7H2,1-2H3. The van der Waals surface area contributed by atoms with Gasteiger partial charge in [0.05, 0.1) is 6.61 Å². The molecule has 0 aromatic carbocycles. The van der Waals surface area contributed by atoms with Crippen LogP contribution >= 0.6 is 11.5 Å². The minimum absolute atomic E-state index is 0.159. The van der Waals surface area contributed by atoms with Gasteiger partial charge in [0, 0.05) is 23.9 Å². The number of amides is 1. The third-order valence-electron chi connectivity index (χ3n) is 3.28. The molecular weight excluding hydrogens is 283 g/mol. The normalized spacial score (nSPS) is 19.9. The maximum Gasteiger partial charge on any atom is 0.341 e. The lowest BCUT2D eigenvalue weighted by atomic mass is 10.0. The predicted octanol–water partition coefficient (Wildman–Crippen LogP) is 1.81. The maximum absolute atomic E-state index is 13.9. The number of esters is 1. The summed E-state index contributed by atoms with van der Waals surface area (Å²) in [5.74, 6) is -1.53. The van der Waals surface area contributed by atoms with Crippen LogP contribution in [0.3, 0.4) is 0 Å². The summed E-state index contributed by atoms with van der Waals surface area (Å²) in [5.41, 5.74) is 0.389. The second-order valence-corrected chi connectivity index (χ2v) is 5.79. The first-order chi connectivity index (χ1) is 9.52. The number of ether oxygens (including phenoxy) is 1. The number of aryl methyl sites for hydroxylation is 1. The van der Waals surface area contributed by atoms with E-state index in [1.165, 1.54) is 11.5 Å². The van der Waals surface area contributed by atoms with Crippen molar-refractivity contribution >= 4 is 23.4 Å². The monoisotopic (exact) mass is 300 g/mol. The molecule has 1 amide bonds. The number of likely N-dealkylation sites (tertiary alicyclic amines) is 1. The van der Waals surface area contributed by atoms with Crippen molar-refractivity contribution in [1.29, 1.82) is 0 Å². The first-order valence-corrected chi connectivity index (χ1v) is 7.33. The van der Waals surface area contributed by atoms with E-state index in [0.29, 0.717) is 18.7 Å². The highest BCUT2D eigenvalue weighted by Gasteiger charge is 2.37. The molecule has 0 bridgehead atoms. The average molecular weight is 300 g/mol. The Morgan fingerprint density at radius 2 is 2.40 bits per heavy atom. The Labute approximate surface area is 120 Å². The zero-order chi connectivity index (χ0) is 14.7. The lowest BCUT2D eigenvalue weighted by Crippen LogP contribution is -2.33. The first kappa shape index (κ1) is 14.9. The fourth-order valence-electron chi connectivity index (χ4n) is 2.25. The molecule has 1 fully saturated rings. The highest BCUT2D eigenvalue weighted by molar-refractivity contribution is 7.05. The molecule has 1 saturated heterocycles. The van der Waals surface area contributed by atoms with Gasteiger partial charge >= 0.3 is 5.97 Å². The number of carbonyl (C=O) groups excluding carboxylic acids is 2. The highest BCUT2D eigenvalue weighted by Crippen LogP contribution is 2.24. The number of aromatic nitrogens is 1. The van der Waals surface area contributed by atoms with E-state index < -0.39 is 18.1 Å². The van der Waals surface area contributed by atoms with Gasteiger partial charge in [0.1, 0.15) is 5.69 Å². The van der Waals surface area contributed by atoms with Gasteiger partial charge in [-0.05, 0) is 37.9 Å². The zero-order valence-corrected chi connectivity index (χ0v) is 12.3. The molecule has 1 aliphatic heterocycles. The minimum Gasteiger partial charge on any atom is -0.464 e. The first-order valence-electron chi connectivity index (χ1n) is 6.56. The molecule has 5 nitrogen and oxygen atoms in total. The van der Waals surface area contributed by atoms with Crippen molar-refractivity contribution in [2.45, 2.75) is 26.4 Å². The smallest absolute Gasteiger partial charge is 0.341 e. The Bertz CT molecular complexity index is 506. The molecule has 2 rings (SSSR count). The second kappa shape index (κ2) is 6.30. The number of alkyl halides is 1. The van der Waals surface area contributed by atoms with Crippen molar-refractivity contribution in [3.05, 3.63) is 16.6 Å². The van der Waals surface area contributed by atoms with Crippen LogP contribution in [0.15, 0.2) is 6.07 Å². The number of carbonyl (C=O) groups is 2. The molecule has 7 heteroatoms. The topological polar surface area (TPSA) is 59.5 Å². The van der Waals surface area contributed by atoms with E-state index in [2.05, 4.69) is 9.11 Å². The Balaban J connectivity index is 1.95. The number of hydrogen-bond donors (Lipinski definition) is 0. The highest BCUT2D eigenvalue weighted by atomic mass is 32.1. The van der Waals surface area contributed by atoms with Gasteiger partial charge in [-0.15, -0.1) is 0 Å². The van der Waals surface area contributed by atoms with E-state index in [1.54, 1.807) is 17.9 Å². The molecule has 0 radical (unpaired) electrons. The molecule has 1 aliphatic rings. The fraction of sp³-hybridized carbons (Fsp3) is 0.615. The van der Waals surface area contributed by atoms with Crippen LogP contribution in [0.2, 0.25) is 0 Å². The van der Waals surface area contributed by atoms with E-state index in [0.717, 1.165) is 4.88 Å². The third-order valence-corrected chi connectivity index (χ3v) is 3.98. The minimum atomic E-state index is -1.66. The molecule has 2 atom stereocenters. The van der Waals surface area contributed by atoms with Gasteiger partial charge in [0.15, 0.2) is 0 Å². The van der Waals surface area contributed by atoms with Gasteiger partial charge in [-0.1, -0.05) is 0 Å². The molecule has 20 heavy (non-hydrogen) atoms. The maximum atomic E-state index is 13.9. The van der Waals surface area contributed by atoms with Crippen molar-refractivity contribution < 1.29 is 18.7 Å². The summed E-state index contributed by atoms with van der Waals surface area (Å²) in [6, 6.07) is 1.72. The van der Waals surface area contributed by atoms with Gasteiger partial charge in [-0.2, -0.15) is 4.37 Å². The Morgan fingerprint density at radius 1 is 1.65 bits per heavy atom. The number of rotatable bonds is 4. The second-order valence-electron chi connectivity index (χ2n) is 4.78. The van der Waals surface area contributed by atoms with Crippen LogP contribution in [0.4, 0.5) is 4.39 Å². The summed E-state index contributed by atoms with van der Waals surface area (Å²) in [6.45, 7) is 4.35. The summed E-state index contributed by atoms with van der Waals surface area (Å²) in [5, 5.41) is 0. The van der Waals surface area contributed by atoms with E-state index in [9.17, 15) is 14.0 Å². The molecule has 0 saturated carbocycles. The number of nitrogens with zero attached hydrogens (tertiary/aromatic N) is 2. The van der Waals surface area contributed by atoms with Crippen LogP contribution in [-0.2, 0) is 9.53 Å². The summed E-state index contributed by atoms with van der Waals surface area (Å²) in [4.78, 5) is 26.0. The van der Waals surface area contributed by atoms with E-state index in [4.69, 9.17) is 0 Å². The van der Waals surface area contributed by atoms with E-state index >= 15 is 0 Å². The van der Waals surface area contributed by atoms with Gasteiger partial charge in [0.25, 0.3) is 5.91 Å². The van der Waals surface area contributed by atoms with Crippen molar-refractivity contribution in [3.63, 3.8) is 0 Å². The fourth-order valence-corrected chi connectivity index (χ4v) is 2.79. The summed E-state index contributed by atoms with van der Waals surface area (Å²) < 4.78 is 22.6. The van der Waals surface area contributed by atoms with Crippen LogP contribution in [0.1, 0.15) is 28.7 Å². The zero-order valence-electron chi connectivity index (χ0n) is 11.5. The molecular formula is C13H17FN2O3S. The lowest BCUT2D eigenvalue weighted by Gasteiger charge is -2.16. The molecule has 0 aliphatic carbocycles. The van der Waals surface area contributed by atoms with E-state index in [-0.39, 0.29) is 19.1 Å². The van der Waals surface area contributed by atoms with Gasteiger partial charge in [0.2, 0.25) is 6.17 Å². The van der Waals surface area contributed by atoms with Crippen molar-refractivity contribution in [1.82, 2.24) is 9.27 Å². The Kier molecular flexibility index (Phi) is 4.69. The van der Waals surface area contributed by atoms with Crippen LogP contribution in [-0.4, -0.2) is 47.0 Å². The van der Waals surface area contributed by atoms with Crippen molar-refractivity contribution in [2.75, 3.05) is 19.7 Å². The van der Waals surface area contributed by atoms with Crippen LogP contribution in [0.5, 0.6) is 0 Å².